The third kappa shape index (κ3) is 3.38. The Morgan fingerprint density at radius 3 is 2.05 bits per heavy atom. The average Bonchev–Trinajstić information content (AvgIpc) is 2.38. The maximum Gasteiger partial charge on any atom is 0.350 e. The molecule has 0 aliphatic heterocycles. The monoisotopic (exact) mass is 339 g/mol. The van der Waals surface area contributed by atoms with Gasteiger partial charge in [0.25, 0.3) is 9.84 Å². The van der Waals surface area contributed by atoms with E-state index in [0.29, 0.717) is 10.0 Å². The second kappa shape index (κ2) is 6.07. The lowest BCUT2D eigenvalue weighted by Crippen LogP contribution is -2.10. The number of hydrogen-bond donors (Lipinski definition) is 0. The van der Waals surface area contributed by atoms with Crippen molar-refractivity contribution >= 4 is 33.0 Å². The zero-order valence-electron chi connectivity index (χ0n) is 11.0. The lowest BCUT2D eigenvalue weighted by atomic mass is 10.2. The number of sulfone groups is 1. The van der Waals surface area contributed by atoms with Gasteiger partial charge in [0.1, 0.15) is 0 Å². The minimum absolute atomic E-state index is 0.102. The molecule has 0 aromatic heterocycles. The molecule has 0 amide bonds. The van der Waals surface area contributed by atoms with E-state index in [1.807, 2.05) is 6.92 Å². The van der Waals surface area contributed by atoms with Crippen molar-refractivity contribution in [3.05, 3.63) is 75.1 Å². The molecule has 108 valence electrons. The van der Waals surface area contributed by atoms with Gasteiger partial charge in [-0.2, -0.15) is 0 Å². The van der Waals surface area contributed by atoms with Gasteiger partial charge in [-0.3, -0.25) is 4.85 Å². The van der Waals surface area contributed by atoms with Crippen LogP contribution in [0, 0.1) is 13.5 Å². The van der Waals surface area contributed by atoms with Gasteiger partial charge in [0.2, 0.25) is 0 Å². The summed E-state index contributed by atoms with van der Waals surface area (Å²) >= 11 is 11.8. The van der Waals surface area contributed by atoms with Gasteiger partial charge in [-0.1, -0.05) is 40.9 Å². The fourth-order valence-electron chi connectivity index (χ4n) is 1.90. The molecule has 6 heteroatoms. The van der Waals surface area contributed by atoms with E-state index in [9.17, 15) is 8.42 Å². The molecule has 0 saturated heterocycles. The molecule has 0 fully saturated rings. The Kier molecular flexibility index (Phi) is 4.58. The fraction of sp³-hybridized carbons (Fsp3) is 0.133. The molecule has 3 nitrogen and oxygen atoms in total. The van der Waals surface area contributed by atoms with E-state index in [-0.39, 0.29) is 10.5 Å². The molecule has 21 heavy (non-hydrogen) atoms. The first-order valence-electron chi connectivity index (χ1n) is 5.98. The highest BCUT2D eigenvalue weighted by atomic mass is 35.5. The van der Waals surface area contributed by atoms with E-state index in [1.54, 1.807) is 12.1 Å². The standard InChI is InChI=1S/C15H11Cl2NO2S/c1-10-3-5-14(6-4-10)21(19,20)15(18-2)11-7-12(16)9-13(17)8-11/h3-9,15H,1H3/t15-/m0/s1. The van der Waals surface area contributed by atoms with Crippen LogP contribution in [0.1, 0.15) is 16.5 Å². The van der Waals surface area contributed by atoms with Crippen molar-refractivity contribution in [2.24, 2.45) is 0 Å². The predicted octanol–water partition coefficient (Wildman–Crippen LogP) is 4.69. The topological polar surface area (TPSA) is 38.5 Å². The van der Waals surface area contributed by atoms with Crippen LogP contribution in [0.2, 0.25) is 10.0 Å². The summed E-state index contributed by atoms with van der Waals surface area (Å²) in [6.45, 7) is 9.11. The van der Waals surface area contributed by atoms with Gasteiger partial charge in [0, 0.05) is 10.0 Å². The number of halogens is 2. The highest BCUT2D eigenvalue weighted by molar-refractivity contribution is 7.91. The summed E-state index contributed by atoms with van der Waals surface area (Å²) in [4.78, 5) is 3.36. The van der Waals surface area contributed by atoms with E-state index in [1.165, 1.54) is 30.3 Å². The molecule has 0 saturated carbocycles. The molecule has 0 unspecified atom stereocenters. The molecule has 2 aromatic carbocycles. The number of nitrogens with zero attached hydrogens (tertiary/aromatic N) is 1. The summed E-state index contributed by atoms with van der Waals surface area (Å²) in [5.74, 6) is 0. The van der Waals surface area contributed by atoms with Crippen molar-refractivity contribution < 1.29 is 8.42 Å². The fourth-order valence-corrected chi connectivity index (χ4v) is 3.85. The zero-order valence-corrected chi connectivity index (χ0v) is 13.4. The second-order valence-electron chi connectivity index (χ2n) is 4.54. The molecule has 0 bridgehead atoms. The molecular formula is C15H11Cl2NO2S. The van der Waals surface area contributed by atoms with Gasteiger partial charge in [0.15, 0.2) is 0 Å². The quantitative estimate of drug-likeness (QED) is 0.760. The second-order valence-corrected chi connectivity index (χ2v) is 7.42. The van der Waals surface area contributed by atoms with E-state index in [0.717, 1.165) is 5.56 Å². The minimum atomic E-state index is -3.83. The van der Waals surface area contributed by atoms with Crippen LogP contribution in [0.15, 0.2) is 47.4 Å². The highest BCUT2D eigenvalue weighted by Crippen LogP contribution is 2.33. The average molecular weight is 340 g/mol. The summed E-state index contributed by atoms with van der Waals surface area (Å²) in [5.41, 5.74) is 1.21. The number of aryl methyl sites for hydroxylation is 1. The first-order valence-corrected chi connectivity index (χ1v) is 8.28. The van der Waals surface area contributed by atoms with Crippen LogP contribution in [0.3, 0.4) is 0 Å². The maximum absolute atomic E-state index is 12.6. The van der Waals surface area contributed by atoms with Crippen LogP contribution in [-0.2, 0) is 9.84 Å². The van der Waals surface area contributed by atoms with E-state index < -0.39 is 15.2 Å². The Hall–Kier alpha value is -1.54. The Labute approximate surface area is 133 Å². The molecule has 2 rings (SSSR count). The SMILES string of the molecule is [C-]#[N+][C@H](c1cc(Cl)cc(Cl)c1)S(=O)(=O)c1ccc(C)cc1. The summed E-state index contributed by atoms with van der Waals surface area (Å²) in [6.07, 6.45) is 0. The first-order chi connectivity index (χ1) is 9.84. The van der Waals surface area contributed by atoms with Crippen molar-refractivity contribution in [3.63, 3.8) is 0 Å². The number of hydrogen-bond acceptors (Lipinski definition) is 2. The lowest BCUT2D eigenvalue weighted by Gasteiger charge is -2.09. The molecule has 1 atom stereocenters. The Morgan fingerprint density at radius 2 is 1.57 bits per heavy atom. The van der Waals surface area contributed by atoms with Gasteiger partial charge >= 0.3 is 5.37 Å². The van der Waals surface area contributed by atoms with Crippen molar-refractivity contribution in [2.45, 2.75) is 17.2 Å². The predicted molar refractivity (Wildman–Crippen MR) is 84.2 cm³/mol. The Balaban J connectivity index is 2.55. The maximum atomic E-state index is 12.6. The largest absolute Gasteiger partial charge is 0.350 e. The third-order valence-electron chi connectivity index (χ3n) is 2.93. The van der Waals surface area contributed by atoms with Crippen LogP contribution >= 0.6 is 23.2 Å². The molecule has 0 heterocycles. The molecule has 0 N–H and O–H groups in total. The van der Waals surface area contributed by atoms with Crippen molar-refractivity contribution in [3.8, 4) is 0 Å². The minimum Gasteiger partial charge on any atom is -0.291 e. The highest BCUT2D eigenvalue weighted by Gasteiger charge is 2.34. The zero-order chi connectivity index (χ0) is 15.6. The van der Waals surface area contributed by atoms with Crippen molar-refractivity contribution in [2.75, 3.05) is 0 Å². The summed E-state index contributed by atoms with van der Waals surface area (Å²) < 4.78 is 25.2. The van der Waals surface area contributed by atoms with Gasteiger partial charge in [0.05, 0.1) is 10.5 Å². The Morgan fingerprint density at radius 1 is 1.05 bits per heavy atom. The number of benzene rings is 2. The Bertz CT molecular complexity index is 788. The normalized spacial score (nSPS) is 12.7. The molecule has 0 radical (unpaired) electrons. The molecular weight excluding hydrogens is 329 g/mol. The van der Waals surface area contributed by atoms with Crippen LogP contribution < -0.4 is 0 Å². The first kappa shape index (κ1) is 15.8. The van der Waals surface area contributed by atoms with E-state index >= 15 is 0 Å². The molecule has 0 spiro atoms. The summed E-state index contributed by atoms with van der Waals surface area (Å²) in [5, 5.41) is -0.771. The van der Waals surface area contributed by atoms with Crippen molar-refractivity contribution in [1.82, 2.24) is 0 Å². The van der Waals surface area contributed by atoms with Crippen LogP contribution in [0.25, 0.3) is 4.85 Å². The number of rotatable bonds is 3. The van der Waals surface area contributed by atoms with Gasteiger partial charge in [-0.25, -0.2) is 15.0 Å². The summed E-state index contributed by atoms with van der Waals surface area (Å²) in [6, 6.07) is 10.8. The molecule has 0 aliphatic carbocycles. The lowest BCUT2D eigenvalue weighted by molar-refractivity contribution is 0.590. The van der Waals surface area contributed by atoms with Crippen LogP contribution in [-0.4, -0.2) is 8.42 Å². The third-order valence-corrected chi connectivity index (χ3v) is 5.26. The van der Waals surface area contributed by atoms with Crippen molar-refractivity contribution in [1.29, 1.82) is 0 Å². The molecule has 0 aliphatic rings. The van der Waals surface area contributed by atoms with Gasteiger partial charge in [-0.15, -0.1) is 0 Å². The van der Waals surface area contributed by atoms with Crippen LogP contribution in [0.4, 0.5) is 0 Å². The smallest absolute Gasteiger partial charge is 0.291 e. The van der Waals surface area contributed by atoms with Gasteiger partial charge < -0.3 is 0 Å². The van der Waals surface area contributed by atoms with E-state index in [4.69, 9.17) is 29.8 Å². The van der Waals surface area contributed by atoms with E-state index in [2.05, 4.69) is 4.85 Å². The van der Waals surface area contributed by atoms with Crippen LogP contribution in [0.5, 0.6) is 0 Å². The van der Waals surface area contributed by atoms with Gasteiger partial charge in [-0.05, 0) is 37.3 Å². The summed E-state index contributed by atoms with van der Waals surface area (Å²) in [7, 11) is -3.83. The molecule has 2 aromatic rings.